The fraction of sp³-hybridized carbons (Fsp3) is 0.333. The molecular weight excluding hydrogens is 381 g/mol. The van der Waals surface area contributed by atoms with Gasteiger partial charge in [0, 0.05) is 43.2 Å². The maximum Gasteiger partial charge on any atom is 0.242 e. The summed E-state index contributed by atoms with van der Waals surface area (Å²) in [5, 5.41) is 1.15. The van der Waals surface area contributed by atoms with Crippen molar-refractivity contribution in [2.75, 3.05) is 13.1 Å². The van der Waals surface area contributed by atoms with Gasteiger partial charge in [0.1, 0.15) is 12.4 Å². The van der Waals surface area contributed by atoms with Gasteiger partial charge in [-0.05, 0) is 48.6 Å². The van der Waals surface area contributed by atoms with Crippen LogP contribution in [0.25, 0.3) is 10.9 Å². The number of benzene rings is 2. The number of aromatic nitrogens is 1. The first-order valence-corrected chi connectivity index (χ1v) is 10.4. The Hall–Kier alpha value is -3.15. The lowest BCUT2D eigenvalue weighted by atomic mass is 10.1. The lowest BCUT2D eigenvalue weighted by molar-refractivity contribution is -0.140. The first-order valence-electron chi connectivity index (χ1n) is 10.4. The molecule has 1 aliphatic rings. The topological polar surface area (TPSA) is 56.4 Å². The summed E-state index contributed by atoms with van der Waals surface area (Å²) in [5.74, 6) is -0.447. The highest BCUT2D eigenvalue weighted by Gasteiger charge is 2.33. The van der Waals surface area contributed by atoms with Gasteiger partial charge in [-0.1, -0.05) is 30.3 Å². The number of nitrogens with one attached hydrogen (secondary N) is 1. The van der Waals surface area contributed by atoms with Gasteiger partial charge in [-0.15, -0.1) is 0 Å². The third-order valence-corrected chi connectivity index (χ3v) is 5.66. The fourth-order valence-corrected chi connectivity index (χ4v) is 3.83. The Morgan fingerprint density at radius 1 is 1.10 bits per heavy atom. The number of para-hydroxylation sites is 1. The number of carbonyl (C=O) groups is 2. The quantitative estimate of drug-likeness (QED) is 0.616. The Balaban J connectivity index is 1.50. The second kappa shape index (κ2) is 8.69. The van der Waals surface area contributed by atoms with Crippen molar-refractivity contribution in [2.24, 2.45) is 0 Å². The normalized spacial score (nSPS) is 13.4. The van der Waals surface area contributed by atoms with Crippen molar-refractivity contribution >= 4 is 22.7 Å². The molecule has 4 rings (SSSR count). The number of fused-ring (bicyclic) bond motifs is 1. The maximum absolute atomic E-state index is 13.3. The van der Waals surface area contributed by atoms with Crippen LogP contribution >= 0.6 is 0 Å². The van der Waals surface area contributed by atoms with E-state index >= 15 is 0 Å². The first kappa shape index (κ1) is 20.1. The number of rotatable bonds is 8. The minimum Gasteiger partial charge on any atom is -0.361 e. The minimum atomic E-state index is -0.299. The number of amides is 2. The van der Waals surface area contributed by atoms with Crippen LogP contribution in [0.15, 0.2) is 54.7 Å². The zero-order chi connectivity index (χ0) is 21.1. The van der Waals surface area contributed by atoms with Gasteiger partial charge in [0.25, 0.3) is 0 Å². The van der Waals surface area contributed by atoms with Crippen LogP contribution in [0.4, 0.5) is 4.39 Å². The van der Waals surface area contributed by atoms with Crippen LogP contribution < -0.4 is 0 Å². The lowest BCUT2D eigenvalue weighted by Gasteiger charge is -2.27. The lowest BCUT2D eigenvalue weighted by Crippen LogP contribution is -2.43. The van der Waals surface area contributed by atoms with Crippen LogP contribution in [0, 0.1) is 5.82 Å². The molecular formula is C24H26FN3O2. The number of hydrogen-bond donors (Lipinski definition) is 1. The van der Waals surface area contributed by atoms with Crippen LogP contribution in [0.5, 0.6) is 0 Å². The van der Waals surface area contributed by atoms with Gasteiger partial charge in [-0.25, -0.2) is 4.39 Å². The Morgan fingerprint density at radius 3 is 2.53 bits per heavy atom. The van der Waals surface area contributed by atoms with E-state index < -0.39 is 0 Å². The van der Waals surface area contributed by atoms with Crippen LogP contribution in [-0.4, -0.2) is 45.7 Å². The van der Waals surface area contributed by atoms with E-state index in [1.165, 1.54) is 19.1 Å². The van der Waals surface area contributed by atoms with Gasteiger partial charge < -0.3 is 14.8 Å². The molecule has 30 heavy (non-hydrogen) atoms. The molecule has 3 aromatic rings. The Kier molecular flexibility index (Phi) is 5.84. The number of H-pyrrole nitrogens is 1. The second-order valence-electron chi connectivity index (χ2n) is 7.93. The molecule has 2 aromatic carbocycles. The molecule has 1 heterocycles. The fourth-order valence-electron chi connectivity index (χ4n) is 3.83. The van der Waals surface area contributed by atoms with Gasteiger partial charge >= 0.3 is 0 Å². The average molecular weight is 407 g/mol. The second-order valence-corrected chi connectivity index (χ2v) is 7.93. The van der Waals surface area contributed by atoms with E-state index in [1.807, 2.05) is 24.4 Å². The standard InChI is InChI=1S/C24H26FN3O2/c1-17(29)28(21-10-11-21)16-24(30)27(15-18-6-8-20(25)9-7-18)13-12-19-14-26-23-5-3-2-4-22(19)23/h2-9,14,21,26H,10-13,15-16H2,1H3. The molecule has 0 unspecified atom stereocenters. The largest absolute Gasteiger partial charge is 0.361 e. The van der Waals surface area contributed by atoms with Crippen molar-refractivity contribution in [1.29, 1.82) is 0 Å². The van der Waals surface area contributed by atoms with Crippen molar-refractivity contribution in [3.8, 4) is 0 Å². The summed E-state index contributed by atoms with van der Waals surface area (Å²) >= 11 is 0. The van der Waals surface area contributed by atoms with Crippen molar-refractivity contribution in [1.82, 2.24) is 14.8 Å². The smallest absolute Gasteiger partial charge is 0.242 e. The summed E-state index contributed by atoms with van der Waals surface area (Å²) in [6, 6.07) is 14.5. The van der Waals surface area contributed by atoms with Crippen LogP contribution in [0.1, 0.15) is 30.9 Å². The monoisotopic (exact) mass is 407 g/mol. The summed E-state index contributed by atoms with van der Waals surface area (Å²) in [6.45, 7) is 2.52. The molecule has 0 saturated heterocycles. The number of carbonyl (C=O) groups excluding carboxylic acids is 2. The number of hydrogen-bond acceptors (Lipinski definition) is 2. The number of halogens is 1. The molecule has 1 aromatic heterocycles. The van der Waals surface area contributed by atoms with E-state index in [0.717, 1.165) is 34.9 Å². The summed E-state index contributed by atoms with van der Waals surface area (Å²) in [7, 11) is 0. The molecule has 1 aliphatic carbocycles. The van der Waals surface area contributed by atoms with Crippen molar-refractivity contribution in [3.63, 3.8) is 0 Å². The zero-order valence-corrected chi connectivity index (χ0v) is 17.1. The molecule has 1 fully saturated rings. The predicted molar refractivity (Wildman–Crippen MR) is 114 cm³/mol. The summed E-state index contributed by atoms with van der Waals surface area (Å²) in [6.07, 6.45) is 4.60. The number of nitrogens with zero attached hydrogens (tertiary/aromatic N) is 2. The third kappa shape index (κ3) is 4.70. The Labute approximate surface area is 175 Å². The molecule has 0 atom stereocenters. The van der Waals surface area contributed by atoms with E-state index in [-0.39, 0.29) is 30.2 Å². The van der Waals surface area contributed by atoms with Crippen molar-refractivity contribution < 1.29 is 14.0 Å². The molecule has 1 saturated carbocycles. The van der Waals surface area contributed by atoms with Crippen LogP contribution in [0.2, 0.25) is 0 Å². The van der Waals surface area contributed by atoms with Gasteiger partial charge in [-0.3, -0.25) is 9.59 Å². The van der Waals surface area contributed by atoms with E-state index in [4.69, 9.17) is 0 Å². The van der Waals surface area contributed by atoms with E-state index in [9.17, 15) is 14.0 Å². The van der Waals surface area contributed by atoms with Gasteiger partial charge in [0.15, 0.2) is 0 Å². The summed E-state index contributed by atoms with van der Waals surface area (Å²) < 4.78 is 13.3. The maximum atomic E-state index is 13.3. The van der Waals surface area contributed by atoms with Gasteiger partial charge in [-0.2, -0.15) is 0 Å². The van der Waals surface area contributed by atoms with E-state index in [0.29, 0.717) is 19.5 Å². The highest BCUT2D eigenvalue weighted by Crippen LogP contribution is 2.27. The minimum absolute atomic E-state index is 0.0655. The predicted octanol–water partition coefficient (Wildman–Crippen LogP) is 3.89. The third-order valence-electron chi connectivity index (χ3n) is 5.66. The molecule has 0 spiro atoms. The molecule has 5 nitrogen and oxygen atoms in total. The SMILES string of the molecule is CC(=O)N(CC(=O)N(CCc1c[nH]c2ccccc12)Cc1ccc(F)cc1)C1CC1. The highest BCUT2D eigenvalue weighted by molar-refractivity contribution is 5.85. The highest BCUT2D eigenvalue weighted by atomic mass is 19.1. The molecule has 2 amide bonds. The summed E-state index contributed by atoms with van der Waals surface area (Å²) in [4.78, 5) is 31.8. The molecule has 1 N–H and O–H groups in total. The Bertz CT molecular complexity index is 1040. The van der Waals surface area contributed by atoms with Crippen molar-refractivity contribution in [2.45, 2.75) is 38.8 Å². The average Bonchev–Trinajstić information content (AvgIpc) is 3.50. The van der Waals surface area contributed by atoms with Gasteiger partial charge in [0.2, 0.25) is 11.8 Å². The summed E-state index contributed by atoms with van der Waals surface area (Å²) in [5.41, 5.74) is 3.08. The van der Waals surface area contributed by atoms with E-state index in [1.54, 1.807) is 21.9 Å². The van der Waals surface area contributed by atoms with Crippen LogP contribution in [0.3, 0.4) is 0 Å². The Morgan fingerprint density at radius 2 is 1.83 bits per heavy atom. The first-order chi connectivity index (χ1) is 14.5. The van der Waals surface area contributed by atoms with E-state index in [2.05, 4.69) is 11.1 Å². The number of aromatic amines is 1. The zero-order valence-electron chi connectivity index (χ0n) is 17.1. The molecule has 0 bridgehead atoms. The van der Waals surface area contributed by atoms with Crippen molar-refractivity contribution in [3.05, 3.63) is 71.7 Å². The van der Waals surface area contributed by atoms with Crippen LogP contribution in [-0.2, 0) is 22.6 Å². The molecule has 156 valence electrons. The molecule has 0 aliphatic heterocycles. The molecule has 6 heteroatoms. The van der Waals surface area contributed by atoms with Gasteiger partial charge in [0.05, 0.1) is 0 Å². The molecule has 0 radical (unpaired) electrons.